The Labute approximate surface area is 138 Å². The molecule has 3 atom stereocenters. The summed E-state index contributed by atoms with van der Waals surface area (Å²) in [6.07, 6.45) is 2.85. The molecule has 0 bridgehead atoms. The average Bonchev–Trinajstić information content (AvgIpc) is 2.63. The van der Waals surface area contributed by atoms with Gasteiger partial charge in [0, 0.05) is 24.4 Å². The lowest BCUT2D eigenvalue weighted by Crippen LogP contribution is -2.42. The Hall–Kier alpha value is -2.13. The van der Waals surface area contributed by atoms with Gasteiger partial charge in [-0.2, -0.15) is 0 Å². The smallest absolute Gasteiger partial charge is 0.0639 e. The molecular formula is C20H24N2O. The molecule has 0 spiro atoms. The predicted molar refractivity (Wildman–Crippen MR) is 93.7 cm³/mol. The number of hydrogen-bond acceptors (Lipinski definition) is 3. The van der Waals surface area contributed by atoms with Gasteiger partial charge in [-0.1, -0.05) is 79.2 Å². The summed E-state index contributed by atoms with van der Waals surface area (Å²) < 4.78 is 0. The van der Waals surface area contributed by atoms with Gasteiger partial charge in [0.25, 0.3) is 0 Å². The van der Waals surface area contributed by atoms with Crippen LogP contribution in [0, 0.1) is 5.92 Å². The van der Waals surface area contributed by atoms with Gasteiger partial charge in [0.1, 0.15) is 0 Å². The monoisotopic (exact) mass is 308 g/mol. The third-order valence-electron chi connectivity index (χ3n) is 4.71. The van der Waals surface area contributed by atoms with Gasteiger partial charge in [-0.15, -0.1) is 0 Å². The largest absolute Gasteiger partial charge is 0.411 e. The van der Waals surface area contributed by atoms with E-state index in [1.165, 1.54) is 11.1 Å². The molecule has 1 aliphatic rings. The van der Waals surface area contributed by atoms with E-state index in [1.54, 1.807) is 0 Å². The zero-order valence-electron chi connectivity index (χ0n) is 13.5. The molecule has 1 aliphatic heterocycles. The van der Waals surface area contributed by atoms with E-state index in [2.05, 4.69) is 65.9 Å². The van der Waals surface area contributed by atoms with Gasteiger partial charge in [-0.05, 0) is 17.5 Å². The van der Waals surface area contributed by atoms with Crippen LogP contribution < -0.4 is 5.32 Å². The molecule has 2 aromatic carbocycles. The number of nitrogens with one attached hydrogen (secondary N) is 1. The first-order chi connectivity index (χ1) is 11.3. The predicted octanol–water partition coefficient (Wildman–Crippen LogP) is 4.71. The van der Waals surface area contributed by atoms with Crippen LogP contribution in [0.15, 0.2) is 65.8 Å². The summed E-state index contributed by atoms with van der Waals surface area (Å²) in [6, 6.07) is 21.3. The first-order valence-electron chi connectivity index (χ1n) is 8.40. The molecule has 120 valence electrons. The van der Waals surface area contributed by atoms with E-state index in [0.29, 0.717) is 0 Å². The average molecular weight is 308 g/mol. The minimum atomic E-state index is 0.181. The maximum absolute atomic E-state index is 9.58. The molecule has 3 rings (SSSR count). The van der Waals surface area contributed by atoms with Crippen LogP contribution in [-0.4, -0.2) is 10.9 Å². The fourth-order valence-corrected chi connectivity index (χ4v) is 3.59. The van der Waals surface area contributed by atoms with E-state index in [-0.39, 0.29) is 18.0 Å². The highest BCUT2D eigenvalue weighted by atomic mass is 16.4. The number of rotatable bonds is 4. The molecule has 1 saturated heterocycles. The Morgan fingerprint density at radius 3 is 2.17 bits per heavy atom. The van der Waals surface area contributed by atoms with Crippen LogP contribution in [0.3, 0.4) is 0 Å². The molecule has 2 N–H and O–H groups in total. The first kappa shape index (κ1) is 15.8. The van der Waals surface area contributed by atoms with Gasteiger partial charge in [-0.3, -0.25) is 0 Å². The van der Waals surface area contributed by atoms with Gasteiger partial charge in [0.05, 0.1) is 5.71 Å². The molecule has 23 heavy (non-hydrogen) atoms. The maximum Gasteiger partial charge on any atom is 0.0639 e. The molecular weight excluding hydrogens is 284 g/mol. The summed E-state index contributed by atoms with van der Waals surface area (Å²) in [4.78, 5) is 0. The summed E-state index contributed by atoms with van der Waals surface area (Å²) in [5.74, 6) is 0.243. The molecule has 0 aliphatic carbocycles. The minimum Gasteiger partial charge on any atom is -0.411 e. The van der Waals surface area contributed by atoms with Crippen molar-refractivity contribution >= 4 is 5.71 Å². The van der Waals surface area contributed by atoms with E-state index in [4.69, 9.17) is 0 Å². The van der Waals surface area contributed by atoms with E-state index >= 15 is 0 Å². The molecule has 0 radical (unpaired) electrons. The number of nitrogens with zero attached hydrogens (tertiary/aromatic N) is 1. The fraction of sp³-hybridized carbons (Fsp3) is 0.350. The molecule has 3 heteroatoms. The standard InChI is InChI=1S/C20H24N2O/c1-2-9-17-19(22-23)14-18(15-10-5-3-6-11-15)21-20(17)16-12-7-4-8-13-16/h3-8,10-13,17-18,20-21,23H,2,9,14H2,1H3/t17-,18+,20-/m1/s1. The number of oxime groups is 1. The molecule has 3 nitrogen and oxygen atoms in total. The van der Waals surface area contributed by atoms with E-state index in [9.17, 15) is 5.21 Å². The van der Waals surface area contributed by atoms with Crippen molar-refractivity contribution in [3.63, 3.8) is 0 Å². The zero-order chi connectivity index (χ0) is 16.1. The summed E-state index contributed by atoms with van der Waals surface area (Å²) in [7, 11) is 0. The lowest BCUT2D eigenvalue weighted by atomic mass is 9.78. The van der Waals surface area contributed by atoms with Crippen LogP contribution in [0.25, 0.3) is 0 Å². The van der Waals surface area contributed by atoms with Gasteiger partial charge in [0.15, 0.2) is 0 Å². The molecule has 1 heterocycles. The van der Waals surface area contributed by atoms with Gasteiger partial charge < -0.3 is 10.5 Å². The van der Waals surface area contributed by atoms with Crippen molar-refractivity contribution in [1.29, 1.82) is 0 Å². The molecule has 0 amide bonds. The van der Waals surface area contributed by atoms with Crippen LogP contribution in [0.4, 0.5) is 0 Å². The van der Waals surface area contributed by atoms with Gasteiger partial charge in [-0.25, -0.2) is 0 Å². The second kappa shape index (κ2) is 7.42. The van der Waals surface area contributed by atoms with E-state index < -0.39 is 0 Å². The van der Waals surface area contributed by atoms with E-state index in [0.717, 1.165) is 25.0 Å². The highest BCUT2D eigenvalue weighted by Crippen LogP contribution is 2.37. The van der Waals surface area contributed by atoms with Crippen LogP contribution in [-0.2, 0) is 0 Å². The van der Waals surface area contributed by atoms with Gasteiger partial charge in [0.2, 0.25) is 0 Å². The topological polar surface area (TPSA) is 44.6 Å². The van der Waals surface area contributed by atoms with Crippen LogP contribution in [0.5, 0.6) is 0 Å². The Morgan fingerprint density at radius 2 is 1.61 bits per heavy atom. The van der Waals surface area contributed by atoms with Gasteiger partial charge >= 0.3 is 0 Å². The van der Waals surface area contributed by atoms with Crippen molar-refractivity contribution in [1.82, 2.24) is 5.32 Å². The minimum absolute atomic E-state index is 0.181. The lowest BCUT2D eigenvalue weighted by Gasteiger charge is -2.38. The summed E-state index contributed by atoms with van der Waals surface area (Å²) in [5.41, 5.74) is 3.41. The van der Waals surface area contributed by atoms with Crippen molar-refractivity contribution in [2.75, 3.05) is 0 Å². The Morgan fingerprint density at radius 1 is 1.00 bits per heavy atom. The van der Waals surface area contributed by atoms with E-state index in [1.807, 2.05) is 12.1 Å². The Bertz CT molecular complexity index is 639. The number of hydrogen-bond donors (Lipinski definition) is 2. The zero-order valence-corrected chi connectivity index (χ0v) is 13.5. The van der Waals surface area contributed by atoms with Crippen molar-refractivity contribution in [3.8, 4) is 0 Å². The molecule has 1 fully saturated rings. The Balaban J connectivity index is 1.95. The van der Waals surface area contributed by atoms with Crippen molar-refractivity contribution in [2.45, 2.75) is 38.3 Å². The number of piperidine rings is 1. The Kier molecular flexibility index (Phi) is 5.09. The molecule has 0 aromatic heterocycles. The van der Waals surface area contributed by atoms with Crippen molar-refractivity contribution in [3.05, 3.63) is 71.8 Å². The normalized spacial score (nSPS) is 26.3. The highest BCUT2D eigenvalue weighted by Gasteiger charge is 2.35. The van der Waals surface area contributed by atoms with Crippen molar-refractivity contribution in [2.24, 2.45) is 11.1 Å². The second-order valence-electron chi connectivity index (χ2n) is 6.21. The lowest BCUT2D eigenvalue weighted by molar-refractivity contribution is 0.284. The molecule has 0 unspecified atom stereocenters. The first-order valence-corrected chi connectivity index (χ1v) is 8.40. The highest BCUT2D eigenvalue weighted by molar-refractivity contribution is 5.88. The maximum atomic E-state index is 9.58. The third kappa shape index (κ3) is 3.45. The van der Waals surface area contributed by atoms with Crippen LogP contribution in [0.1, 0.15) is 49.4 Å². The van der Waals surface area contributed by atoms with Crippen LogP contribution >= 0.6 is 0 Å². The summed E-state index contributed by atoms with van der Waals surface area (Å²) in [5, 5.41) is 17.0. The fourth-order valence-electron chi connectivity index (χ4n) is 3.59. The summed E-state index contributed by atoms with van der Waals surface area (Å²) in [6.45, 7) is 2.18. The van der Waals surface area contributed by atoms with Crippen LogP contribution in [0.2, 0.25) is 0 Å². The summed E-state index contributed by atoms with van der Waals surface area (Å²) >= 11 is 0. The van der Waals surface area contributed by atoms with Crippen molar-refractivity contribution < 1.29 is 5.21 Å². The number of benzene rings is 2. The molecule has 0 saturated carbocycles. The second-order valence-corrected chi connectivity index (χ2v) is 6.21. The molecule has 2 aromatic rings. The SMILES string of the molecule is CCC[C@@H]1C(=NO)C[C@@H](c2ccccc2)N[C@@H]1c1ccccc1. The quantitative estimate of drug-likeness (QED) is 0.634. The third-order valence-corrected chi connectivity index (χ3v) is 4.71.